The van der Waals surface area contributed by atoms with Crippen LogP contribution in [0.5, 0.6) is 0 Å². The number of halogens is 3. The van der Waals surface area contributed by atoms with E-state index >= 15 is 0 Å². The molecular weight excluding hydrogens is 433 g/mol. The number of nitrogens with zero attached hydrogens (tertiary/aromatic N) is 4. The molecule has 1 aromatic heterocycles. The molecule has 9 nitrogen and oxygen atoms in total. The summed E-state index contributed by atoms with van der Waals surface area (Å²) in [6.07, 6.45) is -2.93. The molecule has 32 heavy (non-hydrogen) atoms. The highest BCUT2D eigenvalue weighted by Gasteiger charge is 2.38. The van der Waals surface area contributed by atoms with Crippen LogP contribution in [0.2, 0.25) is 0 Å². The predicted octanol–water partition coefficient (Wildman–Crippen LogP) is 1.63. The Kier molecular flexibility index (Phi) is 8.79. The molecule has 3 heterocycles. The van der Waals surface area contributed by atoms with Gasteiger partial charge in [0, 0.05) is 38.3 Å². The summed E-state index contributed by atoms with van der Waals surface area (Å²) in [4.78, 5) is 42.7. The lowest BCUT2D eigenvalue weighted by Gasteiger charge is -2.24. The number of carboxylic acid groups (broad SMARTS) is 1. The van der Waals surface area contributed by atoms with Gasteiger partial charge in [0.05, 0.1) is 12.2 Å². The van der Waals surface area contributed by atoms with Crippen LogP contribution in [0.4, 0.5) is 13.2 Å². The molecule has 1 atom stereocenters. The smallest absolute Gasteiger partial charge is 0.475 e. The Morgan fingerprint density at radius 3 is 2.50 bits per heavy atom. The van der Waals surface area contributed by atoms with Crippen LogP contribution < -0.4 is 5.56 Å². The lowest BCUT2D eigenvalue weighted by Crippen LogP contribution is -2.39. The van der Waals surface area contributed by atoms with Crippen molar-refractivity contribution in [3.63, 3.8) is 0 Å². The highest BCUT2D eigenvalue weighted by Crippen LogP contribution is 2.18. The number of fused-ring (bicyclic) bond motifs is 1. The number of aliphatic carboxylic acids is 1. The first-order valence-electron chi connectivity index (χ1n) is 10.4. The lowest BCUT2D eigenvalue weighted by atomic mass is 10.2. The number of aromatic nitrogens is 2. The summed E-state index contributed by atoms with van der Waals surface area (Å²) in [5, 5.41) is 7.12. The molecule has 0 bridgehead atoms. The summed E-state index contributed by atoms with van der Waals surface area (Å²) in [6, 6.07) is 2.00. The van der Waals surface area contributed by atoms with Gasteiger partial charge in [0.2, 0.25) is 0 Å². The zero-order valence-electron chi connectivity index (χ0n) is 18.4. The third-order valence-electron chi connectivity index (χ3n) is 5.33. The Labute approximate surface area is 183 Å². The van der Waals surface area contributed by atoms with Gasteiger partial charge in [-0.15, -0.1) is 0 Å². The van der Waals surface area contributed by atoms with Crippen LogP contribution in [0.3, 0.4) is 0 Å². The van der Waals surface area contributed by atoms with Crippen LogP contribution in [-0.4, -0.2) is 74.9 Å². The molecule has 0 aliphatic carbocycles. The predicted molar refractivity (Wildman–Crippen MR) is 108 cm³/mol. The fraction of sp³-hybridized carbons (Fsp3) is 0.700. The average Bonchev–Trinajstić information content (AvgIpc) is 3.14. The molecule has 0 aromatic carbocycles. The summed E-state index contributed by atoms with van der Waals surface area (Å²) >= 11 is 0. The van der Waals surface area contributed by atoms with Crippen molar-refractivity contribution in [1.82, 2.24) is 19.4 Å². The summed E-state index contributed by atoms with van der Waals surface area (Å²) in [7, 11) is 2.02. The number of ether oxygens (including phenoxy) is 1. The molecule has 0 radical (unpaired) electrons. The van der Waals surface area contributed by atoms with Gasteiger partial charge >= 0.3 is 12.1 Å². The van der Waals surface area contributed by atoms with E-state index in [0.717, 1.165) is 25.0 Å². The van der Waals surface area contributed by atoms with E-state index in [2.05, 4.69) is 18.7 Å². The van der Waals surface area contributed by atoms with E-state index in [-0.39, 0.29) is 17.6 Å². The molecule has 1 fully saturated rings. The fourth-order valence-electron chi connectivity index (χ4n) is 3.32. The van der Waals surface area contributed by atoms with Crippen LogP contribution in [0, 0.1) is 0 Å². The van der Waals surface area contributed by atoms with E-state index in [0.29, 0.717) is 44.7 Å². The summed E-state index contributed by atoms with van der Waals surface area (Å²) in [5.74, 6) is -2.04. The maximum absolute atomic E-state index is 12.7. The van der Waals surface area contributed by atoms with E-state index < -0.39 is 12.1 Å². The first-order chi connectivity index (χ1) is 14.9. The van der Waals surface area contributed by atoms with E-state index in [1.165, 1.54) is 0 Å². The second kappa shape index (κ2) is 10.9. The number of hydrogen-bond donors (Lipinski definition) is 1. The first kappa shape index (κ1) is 25.8. The van der Waals surface area contributed by atoms with E-state index in [4.69, 9.17) is 19.6 Å². The molecule has 0 spiro atoms. The minimum Gasteiger partial charge on any atom is -0.475 e. The molecule has 180 valence electrons. The number of hydrogen-bond acceptors (Lipinski definition) is 6. The Hall–Kier alpha value is -2.47. The monoisotopic (exact) mass is 462 g/mol. The standard InChI is InChI=1S/C18H28N4O3.C2HF3O2/c1-13(2)20(3)11-14-10-17(23)22-8-5-7-21(12-16(22)19-14)18(24)15-6-4-9-25-15;3-2(4,5)1(6)7/h10,13,15H,4-9,11-12H2,1-3H3;(H,6,7)/t15-;/m1./s1. The summed E-state index contributed by atoms with van der Waals surface area (Å²) in [6.45, 7) is 7.13. The molecule has 1 saturated heterocycles. The fourth-order valence-corrected chi connectivity index (χ4v) is 3.32. The van der Waals surface area contributed by atoms with Crippen molar-refractivity contribution in [3.8, 4) is 0 Å². The molecule has 1 amide bonds. The number of amides is 1. The largest absolute Gasteiger partial charge is 0.490 e. The van der Waals surface area contributed by atoms with Crippen molar-refractivity contribution >= 4 is 11.9 Å². The number of alkyl halides is 3. The Balaban J connectivity index is 0.000000451. The number of rotatable bonds is 4. The number of carbonyl (C=O) groups excluding carboxylic acids is 1. The zero-order chi connectivity index (χ0) is 24.1. The van der Waals surface area contributed by atoms with Gasteiger partial charge in [0.25, 0.3) is 11.5 Å². The molecule has 0 unspecified atom stereocenters. The normalized spacial score (nSPS) is 18.8. The van der Waals surface area contributed by atoms with E-state index in [9.17, 15) is 22.8 Å². The van der Waals surface area contributed by atoms with Crippen molar-refractivity contribution in [2.24, 2.45) is 0 Å². The maximum atomic E-state index is 12.7. The molecule has 3 rings (SSSR count). The molecule has 2 aliphatic rings. The minimum atomic E-state index is -5.08. The SMILES string of the molecule is CC(C)N(C)Cc1cc(=O)n2c(n1)CN(C(=O)[C@H]1CCCO1)CCC2.O=C(O)C(F)(F)F. The topological polar surface area (TPSA) is 105 Å². The Morgan fingerprint density at radius 1 is 1.31 bits per heavy atom. The van der Waals surface area contributed by atoms with Gasteiger partial charge in [-0.05, 0) is 40.2 Å². The highest BCUT2D eigenvalue weighted by atomic mass is 19.4. The molecule has 2 aliphatic heterocycles. The van der Waals surface area contributed by atoms with Crippen molar-refractivity contribution in [3.05, 3.63) is 27.9 Å². The summed E-state index contributed by atoms with van der Waals surface area (Å²) < 4.78 is 39.0. The van der Waals surface area contributed by atoms with E-state index in [1.54, 1.807) is 15.5 Å². The van der Waals surface area contributed by atoms with Gasteiger partial charge < -0.3 is 14.7 Å². The molecule has 1 aromatic rings. The zero-order valence-corrected chi connectivity index (χ0v) is 18.4. The van der Waals surface area contributed by atoms with Crippen LogP contribution >= 0.6 is 0 Å². The van der Waals surface area contributed by atoms with Gasteiger partial charge in [-0.1, -0.05) is 0 Å². The van der Waals surface area contributed by atoms with Crippen LogP contribution in [0.1, 0.15) is 44.6 Å². The summed E-state index contributed by atoms with van der Waals surface area (Å²) in [5.41, 5.74) is 0.738. The Bertz CT molecular complexity index is 866. The van der Waals surface area contributed by atoms with Gasteiger partial charge in [-0.2, -0.15) is 13.2 Å². The second-order valence-corrected chi connectivity index (χ2v) is 8.08. The van der Waals surface area contributed by atoms with Gasteiger partial charge in [0.1, 0.15) is 11.9 Å². The highest BCUT2D eigenvalue weighted by molar-refractivity contribution is 5.81. The maximum Gasteiger partial charge on any atom is 0.490 e. The lowest BCUT2D eigenvalue weighted by molar-refractivity contribution is -0.192. The van der Waals surface area contributed by atoms with Crippen molar-refractivity contribution in [1.29, 1.82) is 0 Å². The molecule has 1 N–H and O–H groups in total. The Morgan fingerprint density at radius 2 is 1.97 bits per heavy atom. The molecule has 0 saturated carbocycles. The van der Waals surface area contributed by atoms with Crippen LogP contribution in [-0.2, 0) is 34.0 Å². The van der Waals surface area contributed by atoms with Crippen LogP contribution in [0.25, 0.3) is 0 Å². The van der Waals surface area contributed by atoms with Crippen molar-refractivity contribution < 1.29 is 32.6 Å². The van der Waals surface area contributed by atoms with Crippen molar-refractivity contribution in [2.75, 3.05) is 20.2 Å². The van der Waals surface area contributed by atoms with E-state index in [1.807, 2.05) is 7.05 Å². The van der Waals surface area contributed by atoms with Crippen molar-refractivity contribution in [2.45, 2.75) is 71.1 Å². The van der Waals surface area contributed by atoms with Gasteiger partial charge in [0.15, 0.2) is 0 Å². The van der Waals surface area contributed by atoms with Gasteiger partial charge in [-0.3, -0.25) is 19.1 Å². The number of carboxylic acids is 1. The third kappa shape index (κ3) is 7.02. The average molecular weight is 462 g/mol. The number of carbonyl (C=O) groups is 2. The minimum absolute atomic E-state index is 0.0245. The molecule has 12 heteroatoms. The quantitative estimate of drug-likeness (QED) is 0.725. The van der Waals surface area contributed by atoms with Gasteiger partial charge in [-0.25, -0.2) is 9.78 Å². The third-order valence-corrected chi connectivity index (χ3v) is 5.33. The molecular formula is C20H29F3N4O5. The second-order valence-electron chi connectivity index (χ2n) is 8.08. The first-order valence-corrected chi connectivity index (χ1v) is 10.4. The van der Waals surface area contributed by atoms with Crippen LogP contribution in [0.15, 0.2) is 10.9 Å².